The van der Waals surface area contributed by atoms with Gasteiger partial charge in [-0.15, -0.1) is 0 Å². The van der Waals surface area contributed by atoms with Gasteiger partial charge in [-0.25, -0.2) is 13.2 Å². The van der Waals surface area contributed by atoms with Gasteiger partial charge < -0.3 is 10.6 Å². The fourth-order valence-corrected chi connectivity index (χ4v) is 2.09. The van der Waals surface area contributed by atoms with Gasteiger partial charge in [-0.1, -0.05) is 6.07 Å². The van der Waals surface area contributed by atoms with Gasteiger partial charge in [-0.2, -0.15) is 0 Å². The van der Waals surface area contributed by atoms with E-state index in [1.54, 1.807) is 0 Å². The number of anilines is 1. The fraction of sp³-hybridized carbons (Fsp3) is 0.538. The second-order valence-electron chi connectivity index (χ2n) is 4.75. The number of hydrogen-bond donors (Lipinski definition) is 2. The number of benzene rings is 1. The van der Waals surface area contributed by atoms with E-state index in [0.717, 1.165) is 38.9 Å². The van der Waals surface area contributed by atoms with E-state index < -0.39 is 11.7 Å². The molecule has 5 heteroatoms. The molecule has 0 amide bonds. The highest BCUT2D eigenvalue weighted by molar-refractivity contribution is 5.47. The molecule has 1 aromatic carbocycles. The molecule has 1 saturated heterocycles. The Morgan fingerprint density at radius 3 is 2.50 bits per heavy atom. The lowest BCUT2D eigenvalue weighted by atomic mass is 10.1. The van der Waals surface area contributed by atoms with Crippen molar-refractivity contribution < 1.29 is 13.2 Å². The lowest BCUT2D eigenvalue weighted by molar-refractivity contribution is 0.0172. The Balaban J connectivity index is 2.09. The molecule has 1 aromatic rings. The van der Waals surface area contributed by atoms with Gasteiger partial charge >= 0.3 is 0 Å². The van der Waals surface area contributed by atoms with Crippen molar-refractivity contribution in [3.63, 3.8) is 0 Å². The van der Waals surface area contributed by atoms with Crippen LogP contribution in [0, 0.1) is 5.82 Å². The first kappa shape index (κ1) is 13.2. The summed E-state index contributed by atoms with van der Waals surface area (Å²) in [6.07, 6.45) is 1.82. The van der Waals surface area contributed by atoms with E-state index in [4.69, 9.17) is 0 Å². The quantitative estimate of drug-likeness (QED) is 0.870. The normalized spacial score (nSPS) is 17.8. The topological polar surface area (TPSA) is 24.1 Å². The molecule has 100 valence electrons. The Hall–Kier alpha value is -1.23. The van der Waals surface area contributed by atoms with E-state index in [1.807, 2.05) is 0 Å². The van der Waals surface area contributed by atoms with Crippen LogP contribution in [0.2, 0.25) is 0 Å². The standard InChI is InChI=1S/C13H17F3N2/c1-13(15,16)9-2-3-12(11(14)8-9)18-10-4-6-17-7-5-10/h2-3,8,10,17-18H,4-7H2,1H3. The molecule has 2 rings (SSSR count). The summed E-state index contributed by atoms with van der Waals surface area (Å²) < 4.78 is 39.8. The largest absolute Gasteiger partial charge is 0.380 e. The fourth-order valence-electron chi connectivity index (χ4n) is 2.09. The lowest BCUT2D eigenvalue weighted by Gasteiger charge is -2.25. The molecule has 0 aromatic heterocycles. The Bertz CT molecular complexity index is 409. The van der Waals surface area contributed by atoms with Crippen LogP contribution in [0.1, 0.15) is 25.3 Å². The van der Waals surface area contributed by atoms with Gasteiger partial charge in [0, 0.05) is 18.5 Å². The van der Waals surface area contributed by atoms with Crippen molar-refractivity contribution in [3.8, 4) is 0 Å². The van der Waals surface area contributed by atoms with Crippen LogP contribution in [-0.2, 0) is 5.92 Å². The molecule has 2 N–H and O–H groups in total. The molecule has 0 unspecified atom stereocenters. The first-order valence-electron chi connectivity index (χ1n) is 6.12. The van der Waals surface area contributed by atoms with Crippen molar-refractivity contribution in [2.45, 2.75) is 31.7 Å². The van der Waals surface area contributed by atoms with Crippen molar-refractivity contribution in [1.82, 2.24) is 5.32 Å². The van der Waals surface area contributed by atoms with Crippen LogP contribution in [0.15, 0.2) is 18.2 Å². The van der Waals surface area contributed by atoms with Crippen molar-refractivity contribution in [2.24, 2.45) is 0 Å². The van der Waals surface area contributed by atoms with Crippen LogP contribution in [-0.4, -0.2) is 19.1 Å². The molecule has 1 aliphatic heterocycles. The van der Waals surface area contributed by atoms with Crippen molar-refractivity contribution in [1.29, 1.82) is 0 Å². The number of hydrogen-bond acceptors (Lipinski definition) is 2. The van der Waals surface area contributed by atoms with Gasteiger partial charge in [0.25, 0.3) is 5.92 Å². The molecule has 0 radical (unpaired) electrons. The van der Waals surface area contributed by atoms with E-state index in [0.29, 0.717) is 5.69 Å². The second-order valence-corrected chi connectivity index (χ2v) is 4.75. The number of nitrogens with one attached hydrogen (secondary N) is 2. The van der Waals surface area contributed by atoms with Gasteiger partial charge in [-0.05, 0) is 38.1 Å². The highest BCUT2D eigenvalue weighted by atomic mass is 19.3. The van der Waals surface area contributed by atoms with Crippen LogP contribution < -0.4 is 10.6 Å². The monoisotopic (exact) mass is 258 g/mol. The highest BCUT2D eigenvalue weighted by Crippen LogP contribution is 2.29. The molecular formula is C13H17F3N2. The van der Waals surface area contributed by atoms with Crippen LogP contribution in [0.25, 0.3) is 0 Å². The smallest absolute Gasteiger partial charge is 0.270 e. The summed E-state index contributed by atoms with van der Waals surface area (Å²) in [6.45, 7) is 2.55. The van der Waals surface area contributed by atoms with E-state index in [-0.39, 0.29) is 11.6 Å². The number of rotatable bonds is 3. The van der Waals surface area contributed by atoms with Gasteiger partial charge in [0.05, 0.1) is 5.69 Å². The molecule has 0 aliphatic carbocycles. The zero-order valence-corrected chi connectivity index (χ0v) is 10.3. The maximum absolute atomic E-state index is 13.7. The lowest BCUT2D eigenvalue weighted by Crippen LogP contribution is -2.35. The van der Waals surface area contributed by atoms with Gasteiger partial charge in [0.2, 0.25) is 0 Å². The zero-order valence-electron chi connectivity index (χ0n) is 10.3. The molecule has 18 heavy (non-hydrogen) atoms. The predicted molar refractivity (Wildman–Crippen MR) is 65.5 cm³/mol. The minimum absolute atomic E-state index is 0.203. The van der Waals surface area contributed by atoms with Crippen molar-refractivity contribution >= 4 is 5.69 Å². The average Bonchev–Trinajstić information content (AvgIpc) is 2.32. The Labute approximate surface area is 105 Å². The molecule has 0 spiro atoms. The van der Waals surface area contributed by atoms with Crippen molar-refractivity contribution in [3.05, 3.63) is 29.6 Å². The summed E-state index contributed by atoms with van der Waals surface area (Å²) in [7, 11) is 0. The van der Waals surface area contributed by atoms with Crippen LogP contribution in [0.3, 0.4) is 0 Å². The third-order valence-corrected chi connectivity index (χ3v) is 3.17. The molecule has 1 aliphatic rings. The molecule has 0 saturated carbocycles. The summed E-state index contributed by atoms with van der Waals surface area (Å²) in [6, 6.07) is 3.77. The average molecular weight is 258 g/mol. The molecule has 2 nitrogen and oxygen atoms in total. The molecular weight excluding hydrogens is 241 g/mol. The molecule has 1 heterocycles. The summed E-state index contributed by atoms with van der Waals surface area (Å²) in [5, 5.41) is 6.28. The summed E-state index contributed by atoms with van der Waals surface area (Å²) in [5.41, 5.74) is 0.00533. The summed E-state index contributed by atoms with van der Waals surface area (Å²) >= 11 is 0. The van der Waals surface area contributed by atoms with E-state index >= 15 is 0 Å². The molecule has 0 atom stereocenters. The Morgan fingerprint density at radius 1 is 1.28 bits per heavy atom. The zero-order chi connectivity index (χ0) is 13.2. The van der Waals surface area contributed by atoms with Crippen LogP contribution in [0.5, 0.6) is 0 Å². The van der Waals surface area contributed by atoms with Gasteiger partial charge in [0.1, 0.15) is 5.82 Å². The van der Waals surface area contributed by atoms with Crippen LogP contribution >= 0.6 is 0 Å². The van der Waals surface area contributed by atoms with E-state index in [9.17, 15) is 13.2 Å². The van der Waals surface area contributed by atoms with Crippen LogP contribution in [0.4, 0.5) is 18.9 Å². The first-order valence-corrected chi connectivity index (χ1v) is 6.12. The summed E-state index contributed by atoms with van der Waals surface area (Å²) in [4.78, 5) is 0. The maximum Gasteiger partial charge on any atom is 0.270 e. The van der Waals surface area contributed by atoms with Gasteiger partial charge in [-0.3, -0.25) is 0 Å². The second kappa shape index (κ2) is 5.18. The predicted octanol–water partition coefficient (Wildman–Crippen LogP) is 3.10. The Morgan fingerprint density at radius 2 is 1.94 bits per heavy atom. The summed E-state index contributed by atoms with van der Waals surface area (Å²) in [5.74, 6) is -3.62. The minimum Gasteiger partial charge on any atom is -0.380 e. The minimum atomic E-state index is -3.01. The third kappa shape index (κ3) is 3.16. The molecule has 0 bridgehead atoms. The van der Waals surface area contributed by atoms with Gasteiger partial charge in [0.15, 0.2) is 0 Å². The van der Waals surface area contributed by atoms with Crippen molar-refractivity contribution in [2.75, 3.05) is 18.4 Å². The highest BCUT2D eigenvalue weighted by Gasteiger charge is 2.25. The van der Waals surface area contributed by atoms with E-state index in [1.165, 1.54) is 12.1 Å². The third-order valence-electron chi connectivity index (χ3n) is 3.17. The number of piperidine rings is 1. The number of halogens is 3. The Kier molecular flexibility index (Phi) is 3.80. The first-order chi connectivity index (χ1) is 8.47. The maximum atomic E-state index is 13.7. The SMILES string of the molecule is CC(F)(F)c1ccc(NC2CCNCC2)c(F)c1. The number of alkyl halides is 2. The molecule has 1 fully saturated rings. The van der Waals surface area contributed by atoms with E-state index in [2.05, 4.69) is 10.6 Å².